The number of fused-ring (bicyclic) bond motifs is 1. The van der Waals surface area contributed by atoms with Crippen LogP contribution in [0.1, 0.15) is 44.6 Å². The van der Waals surface area contributed by atoms with Crippen molar-refractivity contribution in [2.45, 2.75) is 63.6 Å². The Morgan fingerprint density at radius 3 is 2.59 bits per heavy atom. The highest BCUT2D eigenvalue weighted by Crippen LogP contribution is 2.25. The first-order chi connectivity index (χ1) is 14.9. The van der Waals surface area contributed by atoms with Crippen LogP contribution in [0.4, 0.5) is 0 Å². The number of benzene rings is 1. The van der Waals surface area contributed by atoms with Crippen LogP contribution in [0.15, 0.2) is 30.3 Å². The predicted octanol–water partition coefficient (Wildman–Crippen LogP) is 1.70. The molecule has 2 saturated heterocycles. The van der Waals surface area contributed by atoms with Crippen molar-refractivity contribution in [2.75, 3.05) is 13.2 Å². The second-order valence-electron chi connectivity index (χ2n) is 7.78. The Bertz CT molecular complexity index is 821. The molecule has 1 aromatic rings. The number of aryl methyl sites for hydroxylation is 1. The molecule has 176 valence electrons. The number of carbonyl (C=O) groups excluding carboxylic acids is 3. The molecule has 10 heteroatoms. The van der Waals surface area contributed by atoms with E-state index >= 15 is 0 Å². The number of carbonyl (C=O) groups is 4. The molecule has 0 saturated carbocycles. The minimum absolute atomic E-state index is 0. The molecule has 2 aliphatic heterocycles. The van der Waals surface area contributed by atoms with E-state index in [9.17, 15) is 24.3 Å². The van der Waals surface area contributed by atoms with Crippen LogP contribution in [0.2, 0.25) is 0 Å². The van der Waals surface area contributed by atoms with E-state index in [1.54, 1.807) is 6.92 Å². The van der Waals surface area contributed by atoms with Gasteiger partial charge in [-0.15, -0.1) is 17.0 Å². The maximum atomic E-state index is 13.3. The third-order valence-electron chi connectivity index (χ3n) is 5.68. The summed E-state index contributed by atoms with van der Waals surface area (Å²) in [7, 11) is 0. The van der Waals surface area contributed by atoms with Crippen LogP contribution in [0.3, 0.4) is 0 Å². The van der Waals surface area contributed by atoms with Crippen molar-refractivity contribution in [1.82, 2.24) is 15.3 Å². The Labute approximate surface area is 197 Å². The summed E-state index contributed by atoms with van der Waals surface area (Å²) in [5.74, 6) is -2.38. The summed E-state index contributed by atoms with van der Waals surface area (Å²) >= 11 is 0. The van der Waals surface area contributed by atoms with Gasteiger partial charge in [0.1, 0.15) is 6.04 Å². The van der Waals surface area contributed by atoms with Crippen LogP contribution in [0, 0.1) is 0 Å². The number of nitrogens with one attached hydrogen (secondary N) is 1. The van der Waals surface area contributed by atoms with Gasteiger partial charge in [0.15, 0.2) is 6.04 Å². The summed E-state index contributed by atoms with van der Waals surface area (Å²) in [5, 5.41) is 15.0. The Morgan fingerprint density at radius 2 is 1.94 bits per heavy atom. The summed E-state index contributed by atoms with van der Waals surface area (Å²) in [5.41, 5.74) is 1.05. The van der Waals surface area contributed by atoms with Gasteiger partial charge in [0, 0.05) is 13.0 Å². The number of amides is 2. The molecule has 32 heavy (non-hydrogen) atoms. The molecule has 3 atom stereocenters. The first kappa shape index (κ1) is 25.8. The quantitative estimate of drug-likeness (QED) is 0.510. The molecule has 0 radical (unpaired) electrons. The number of hydrogen-bond donors (Lipinski definition) is 2. The summed E-state index contributed by atoms with van der Waals surface area (Å²) in [6.45, 7) is 2.24. The highest BCUT2D eigenvalue weighted by Gasteiger charge is 2.45. The summed E-state index contributed by atoms with van der Waals surface area (Å²) in [4.78, 5) is 50.1. The van der Waals surface area contributed by atoms with Crippen LogP contribution in [0.25, 0.3) is 0 Å². The van der Waals surface area contributed by atoms with E-state index < -0.39 is 36.0 Å². The molecule has 0 aliphatic carbocycles. The largest absolute Gasteiger partial charge is 0.480 e. The highest BCUT2D eigenvalue weighted by atomic mass is 79.9. The fourth-order valence-electron chi connectivity index (χ4n) is 4.12. The molecule has 0 bridgehead atoms. The third kappa shape index (κ3) is 6.07. The smallest absolute Gasteiger partial charge is 0.328 e. The van der Waals surface area contributed by atoms with Crippen molar-refractivity contribution in [3.63, 3.8) is 0 Å². The predicted molar refractivity (Wildman–Crippen MR) is 121 cm³/mol. The summed E-state index contributed by atoms with van der Waals surface area (Å²) < 4.78 is 5.19. The molecular weight excluding hydrogens is 482 g/mol. The van der Waals surface area contributed by atoms with Crippen LogP contribution in [-0.2, 0) is 30.3 Å². The fourth-order valence-corrected chi connectivity index (χ4v) is 4.12. The van der Waals surface area contributed by atoms with Crippen molar-refractivity contribution in [3.05, 3.63) is 35.9 Å². The SMILES string of the molecule is Br.CCOC(=O)[C@H](CCc1ccccc1)N[C@H]1CCC(=O)N2CCC[C@@H](C(=O)O)N2C1=O. The van der Waals surface area contributed by atoms with E-state index in [-0.39, 0.29) is 48.8 Å². The minimum atomic E-state index is -1.14. The van der Waals surface area contributed by atoms with Gasteiger partial charge in [0.25, 0.3) is 5.91 Å². The molecule has 2 aliphatic rings. The van der Waals surface area contributed by atoms with Crippen molar-refractivity contribution in [3.8, 4) is 0 Å². The maximum absolute atomic E-state index is 13.3. The lowest BCUT2D eigenvalue weighted by Gasteiger charge is -2.42. The zero-order chi connectivity index (χ0) is 22.4. The molecule has 2 heterocycles. The normalized spacial score (nSPS) is 21.8. The molecule has 0 spiro atoms. The number of rotatable bonds is 8. The van der Waals surface area contributed by atoms with Crippen molar-refractivity contribution in [1.29, 1.82) is 0 Å². The molecule has 2 N–H and O–H groups in total. The monoisotopic (exact) mass is 511 g/mol. The average Bonchev–Trinajstić information content (AvgIpc) is 2.89. The zero-order valence-corrected chi connectivity index (χ0v) is 19.8. The zero-order valence-electron chi connectivity index (χ0n) is 18.1. The van der Waals surface area contributed by atoms with Gasteiger partial charge < -0.3 is 9.84 Å². The van der Waals surface area contributed by atoms with E-state index in [2.05, 4.69) is 5.32 Å². The molecular formula is C22H30BrN3O6. The Morgan fingerprint density at radius 1 is 1.22 bits per heavy atom. The van der Waals surface area contributed by atoms with Crippen LogP contribution in [0.5, 0.6) is 0 Å². The lowest BCUT2D eigenvalue weighted by atomic mass is 10.0. The highest BCUT2D eigenvalue weighted by molar-refractivity contribution is 8.93. The van der Waals surface area contributed by atoms with Gasteiger partial charge in [-0.3, -0.25) is 24.7 Å². The standard InChI is InChI=1S/C22H29N3O6.BrH/c1-2-31-22(30)17(11-10-15-7-4-3-5-8-15)23-16-12-13-19(26)24-14-6-9-18(21(28)29)25(24)20(16)27;/h3-5,7-8,16-18,23H,2,6,9-14H2,1H3,(H,28,29);1H/t16-,17-,18-;/m0./s1. The van der Waals surface area contributed by atoms with Crippen LogP contribution >= 0.6 is 17.0 Å². The Balaban J connectivity index is 0.00000363. The number of carboxylic acids is 1. The topological polar surface area (TPSA) is 116 Å². The third-order valence-corrected chi connectivity index (χ3v) is 5.68. The summed E-state index contributed by atoms with van der Waals surface area (Å²) in [6, 6.07) is 6.98. The fraction of sp³-hybridized carbons (Fsp3) is 0.545. The van der Waals surface area contributed by atoms with Gasteiger partial charge >= 0.3 is 11.9 Å². The van der Waals surface area contributed by atoms with Gasteiger partial charge in [-0.2, -0.15) is 0 Å². The molecule has 2 fully saturated rings. The number of esters is 1. The average molecular weight is 512 g/mol. The number of hydrogen-bond acceptors (Lipinski definition) is 6. The first-order valence-corrected chi connectivity index (χ1v) is 10.7. The van der Waals surface area contributed by atoms with E-state index in [1.165, 1.54) is 5.01 Å². The number of nitrogens with zero attached hydrogens (tertiary/aromatic N) is 2. The van der Waals surface area contributed by atoms with Crippen molar-refractivity contribution < 1.29 is 29.0 Å². The Kier molecular flexibility index (Phi) is 9.64. The van der Waals surface area contributed by atoms with Gasteiger partial charge in [-0.1, -0.05) is 30.3 Å². The molecule has 9 nitrogen and oxygen atoms in total. The molecule has 3 rings (SSSR count). The van der Waals surface area contributed by atoms with E-state index in [1.807, 2.05) is 30.3 Å². The second kappa shape index (κ2) is 12.0. The van der Waals surface area contributed by atoms with Gasteiger partial charge in [-0.05, 0) is 44.6 Å². The van der Waals surface area contributed by atoms with Crippen LogP contribution in [-0.4, -0.2) is 70.2 Å². The van der Waals surface area contributed by atoms with E-state index in [0.717, 1.165) is 10.6 Å². The number of aliphatic carboxylic acids is 1. The number of carboxylic acid groups (broad SMARTS) is 1. The Hall–Kier alpha value is -2.46. The molecule has 2 amide bonds. The first-order valence-electron chi connectivity index (χ1n) is 10.7. The van der Waals surface area contributed by atoms with Crippen molar-refractivity contribution in [2.24, 2.45) is 0 Å². The minimum Gasteiger partial charge on any atom is -0.480 e. The van der Waals surface area contributed by atoms with E-state index in [4.69, 9.17) is 4.74 Å². The summed E-state index contributed by atoms with van der Waals surface area (Å²) in [6.07, 6.45) is 2.11. The molecule has 1 aromatic carbocycles. The van der Waals surface area contributed by atoms with Gasteiger partial charge in [-0.25, -0.2) is 9.80 Å². The van der Waals surface area contributed by atoms with E-state index in [0.29, 0.717) is 25.8 Å². The van der Waals surface area contributed by atoms with Crippen LogP contribution < -0.4 is 5.32 Å². The van der Waals surface area contributed by atoms with Gasteiger partial charge in [0.2, 0.25) is 5.91 Å². The van der Waals surface area contributed by atoms with Crippen molar-refractivity contribution >= 4 is 40.7 Å². The van der Waals surface area contributed by atoms with Gasteiger partial charge in [0.05, 0.1) is 12.6 Å². The second-order valence-corrected chi connectivity index (χ2v) is 7.78. The lowest BCUT2D eigenvalue weighted by molar-refractivity contribution is -0.181. The number of hydrazine groups is 1. The maximum Gasteiger partial charge on any atom is 0.328 e. The number of halogens is 1. The molecule has 0 aromatic heterocycles. The number of ether oxygens (including phenoxy) is 1. The molecule has 0 unspecified atom stereocenters. The lowest BCUT2D eigenvalue weighted by Crippen LogP contribution is -2.62.